The number of hydrogen-bond donors (Lipinski definition) is 2. The van der Waals surface area contributed by atoms with Crippen LogP contribution in [0.5, 0.6) is 11.5 Å². The van der Waals surface area contributed by atoms with Gasteiger partial charge in [-0.25, -0.2) is 0 Å². The Morgan fingerprint density at radius 3 is 2.65 bits per heavy atom. The topological polar surface area (TPSA) is 50.7 Å². The molecule has 0 radical (unpaired) electrons. The van der Waals surface area contributed by atoms with Gasteiger partial charge in [-0.2, -0.15) is 0 Å². The Labute approximate surface area is 118 Å². The number of aliphatic hydroxyl groups is 1. The first kappa shape index (κ1) is 12.8. The first-order valence-electron chi connectivity index (χ1n) is 6.60. The van der Waals surface area contributed by atoms with E-state index in [1.165, 1.54) is 5.56 Å². The van der Waals surface area contributed by atoms with Crippen molar-refractivity contribution in [1.82, 2.24) is 0 Å². The van der Waals surface area contributed by atoms with Gasteiger partial charge in [0.2, 0.25) is 6.79 Å². The van der Waals surface area contributed by atoms with Gasteiger partial charge in [0.05, 0.1) is 6.10 Å². The third kappa shape index (κ3) is 2.70. The molecule has 104 valence electrons. The second-order valence-electron chi connectivity index (χ2n) is 4.88. The summed E-state index contributed by atoms with van der Waals surface area (Å²) in [6.45, 7) is 2.74. The van der Waals surface area contributed by atoms with Crippen LogP contribution in [0.25, 0.3) is 0 Å². The summed E-state index contributed by atoms with van der Waals surface area (Å²) >= 11 is 0. The predicted octanol–water partition coefficient (Wildman–Crippen LogP) is 2.87. The number of fused-ring (bicyclic) bond motifs is 1. The summed E-state index contributed by atoms with van der Waals surface area (Å²) in [7, 11) is 0. The summed E-state index contributed by atoms with van der Waals surface area (Å²) in [5.74, 6) is 1.42. The van der Waals surface area contributed by atoms with E-state index in [9.17, 15) is 5.11 Å². The zero-order valence-corrected chi connectivity index (χ0v) is 11.3. The van der Waals surface area contributed by atoms with Crippen molar-refractivity contribution in [3.63, 3.8) is 0 Å². The molecule has 0 aromatic heterocycles. The molecule has 20 heavy (non-hydrogen) atoms. The van der Waals surface area contributed by atoms with Gasteiger partial charge in [-0.15, -0.1) is 0 Å². The summed E-state index contributed by atoms with van der Waals surface area (Å²) in [4.78, 5) is 0. The van der Waals surface area contributed by atoms with Gasteiger partial charge in [0.25, 0.3) is 0 Å². The van der Waals surface area contributed by atoms with Gasteiger partial charge in [-0.05, 0) is 36.8 Å². The van der Waals surface area contributed by atoms with Crippen molar-refractivity contribution in [3.8, 4) is 11.5 Å². The van der Waals surface area contributed by atoms with Crippen LogP contribution in [-0.2, 0) is 0 Å². The molecule has 3 rings (SSSR count). The smallest absolute Gasteiger partial charge is 0.231 e. The Hall–Kier alpha value is -2.20. The number of nitrogens with one attached hydrogen (secondary N) is 1. The monoisotopic (exact) mass is 271 g/mol. The third-order valence-corrected chi connectivity index (χ3v) is 3.33. The van der Waals surface area contributed by atoms with Crippen LogP contribution in [0.1, 0.15) is 17.2 Å². The number of hydrogen-bond acceptors (Lipinski definition) is 4. The van der Waals surface area contributed by atoms with Crippen LogP contribution in [0.4, 0.5) is 5.69 Å². The molecular weight excluding hydrogens is 254 g/mol. The maximum Gasteiger partial charge on any atom is 0.231 e. The Kier molecular flexibility index (Phi) is 3.48. The highest BCUT2D eigenvalue weighted by atomic mass is 16.7. The van der Waals surface area contributed by atoms with E-state index in [2.05, 4.69) is 5.32 Å². The molecule has 1 unspecified atom stereocenters. The van der Waals surface area contributed by atoms with Crippen molar-refractivity contribution in [3.05, 3.63) is 53.6 Å². The van der Waals surface area contributed by atoms with E-state index in [1.54, 1.807) is 0 Å². The number of aliphatic hydroxyl groups excluding tert-OH is 1. The molecule has 4 nitrogen and oxygen atoms in total. The number of anilines is 1. The fraction of sp³-hybridized carbons (Fsp3) is 0.250. The second kappa shape index (κ2) is 5.43. The third-order valence-electron chi connectivity index (χ3n) is 3.33. The van der Waals surface area contributed by atoms with E-state index in [0.717, 1.165) is 17.0 Å². The van der Waals surface area contributed by atoms with E-state index < -0.39 is 6.10 Å². The van der Waals surface area contributed by atoms with Crippen molar-refractivity contribution < 1.29 is 14.6 Å². The summed E-state index contributed by atoms with van der Waals surface area (Å²) in [5, 5.41) is 13.4. The maximum absolute atomic E-state index is 10.2. The summed E-state index contributed by atoms with van der Waals surface area (Å²) < 4.78 is 10.6. The standard InChI is InChI=1S/C16H17NO3/c1-11-2-5-13(6-3-11)17-9-14(18)12-4-7-15-16(8-12)20-10-19-15/h2-8,14,17-18H,9-10H2,1H3. The lowest BCUT2D eigenvalue weighted by molar-refractivity contribution is 0.173. The number of rotatable bonds is 4. The van der Waals surface area contributed by atoms with Crippen LogP contribution in [0.15, 0.2) is 42.5 Å². The first-order valence-corrected chi connectivity index (χ1v) is 6.60. The van der Waals surface area contributed by atoms with Crippen LogP contribution >= 0.6 is 0 Å². The quantitative estimate of drug-likeness (QED) is 0.897. The molecule has 0 amide bonds. The van der Waals surface area contributed by atoms with Crippen LogP contribution in [0, 0.1) is 6.92 Å². The highest BCUT2D eigenvalue weighted by Gasteiger charge is 2.16. The zero-order valence-electron chi connectivity index (χ0n) is 11.3. The van der Waals surface area contributed by atoms with Gasteiger partial charge in [0, 0.05) is 12.2 Å². The number of benzene rings is 2. The molecule has 0 aliphatic carbocycles. The normalized spacial score (nSPS) is 14.1. The minimum Gasteiger partial charge on any atom is -0.454 e. The highest BCUT2D eigenvalue weighted by molar-refractivity contribution is 5.47. The minimum absolute atomic E-state index is 0.247. The Balaban J connectivity index is 1.64. The van der Waals surface area contributed by atoms with Gasteiger partial charge in [-0.3, -0.25) is 0 Å². The number of ether oxygens (including phenoxy) is 2. The molecule has 2 N–H and O–H groups in total. The Morgan fingerprint density at radius 1 is 1.10 bits per heavy atom. The number of aryl methyl sites for hydroxylation is 1. The fourth-order valence-electron chi connectivity index (χ4n) is 2.12. The maximum atomic E-state index is 10.2. The summed E-state index contributed by atoms with van der Waals surface area (Å²) in [5.41, 5.74) is 3.02. The Bertz CT molecular complexity index is 595. The molecule has 0 bridgehead atoms. The van der Waals surface area contributed by atoms with Gasteiger partial charge in [0.15, 0.2) is 11.5 Å². The van der Waals surface area contributed by atoms with Crippen molar-refractivity contribution in [1.29, 1.82) is 0 Å². The van der Waals surface area contributed by atoms with Gasteiger partial charge >= 0.3 is 0 Å². The lowest BCUT2D eigenvalue weighted by atomic mass is 10.1. The van der Waals surface area contributed by atoms with E-state index in [1.807, 2.05) is 49.4 Å². The molecule has 0 spiro atoms. The van der Waals surface area contributed by atoms with Gasteiger partial charge in [-0.1, -0.05) is 23.8 Å². The molecule has 0 saturated heterocycles. The lowest BCUT2D eigenvalue weighted by Crippen LogP contribution is -2.12. The van der Waals surface area contributed by atoms with Crippen LogP contribution < -0.4 is 14.8 Å². The molecule has 1 atom stereocenters. The van der Waals surface area contributed by atoms with Gasteiger partial charge < -0.3 is 19.9 Å². The molecular formula is C16H17NO3. The van der Waals surface area contributed by atoms with Gasteiger partial charge in [0.1, 0.15) is 0 Å². The lowest BCUT2D eigenvalue weighted by Gasteiger charge is -2.13. The van der Waals surface area contributed by atoms with Crippen molar-refractivity contribution in [2.45, 2.75) is 13.0 Å². The zero-order chi connectivity index (χ0) is 13.9. The highest BCUT2D eigenvalue weighted by Crippen LogP contribution is 2.34. The molecule has 1 heterocycles. The summed E-state index contributed by atoms with van der Waals surface area (Å²) in [6, 6.07) is 13.6. The van der Waals surface area contributed by atoms with Crippen LogP contribution in [-0.4, -0.2) is 18.4 Å². The fourth-order valence-corrected chi connectivity index (χ4v) is 2.12. The average molecular weight is 271 g/mol. The molecule has 2 aromatic carbocycles. The van der Waals surface area contributed by atoms with Crippen molar-refractivity contribution in [2.24, 2.45) is 0 Å². The molecule has 0 fully saturated rings. The molecule has 1 aliphatic heterocycles. The van der Waals surface area contributed by atoms with E-state index in [-0.39, 0.29) is 6.79 Å². The van der Waals surface area contributed by atoms with Crippen LogP contribution in [0.3, 0.4) is 0 Å². The van der Waals surface area contributed by atoms with Crippen LogP contribution in [0.2, 0.25) is 0 Å². The SMILES string of the molecule is Cc1ccc(NCC(O)c2ccc3c(c2)OCO3)cc1. The van der Waals surface area contributed by atoms with E-state index >= 15 is 0 Å². The van der Waals surface area contributed by atoms with Crippen molar-refractivity contribution >= 4 is 5.69 Å². The van der Waals surface area contributed by atoms with E-state index in [0.29, 0.717) is 12.3 Å². The molecule has 0 saturated carbocycles. The first-order chi connectivity index (χ1) is 9.72. The Morgan fingerprint density at radius 2 is 1.85 bits per heavy atom. The van der Waals surface area contributed by atoms with E-state index in [4.69, 9.17) is 9.47 Å². The van der Waals surface area contributed by atoms with Crippen molar-refractivity contribution in [2.75, 3.05) is 18.7 Å². The average Bonchev–Trinajstić information content (AvgIpc) is 2.93. The molecule has 4 heteroatoms. The largest absolute Gasteiger partial charge is 0.454 e. The minimum atomic E-state index is -0.592. The molecule has 2 aromatic rings. The summed E-state index contributed by atoms with van der Waals surface area (Å²) in [6.07, 6.45) is -0.592. The second-order valence-corrected chi connectivity index (χ2v) is 4.88. The molecule has 1 aliphatic rings. The predicted molar refractivity (Wildman–Crippen MR) is 77.2 cm³/mol.